The van der Waals surface area contributed by atoms with Gasteiger partial charge in [-0.2, -0.15) is 0 Å². The first-order valence-corrected chi connectivity index (χ1v) is 9.63. The molecule has 0 bridgehead atoms. The van der Waals surface area contributed by atoms with Crippen LogP contribution in [0.1, 0.15) is 11.7 Å². The summed E-state index contributed by atoms with van der Waals surface area (Å²) in [7, 11) is -1.80. The maximum absolute atomic E-state index is 12.6. The molecule has 1 aromatic carbocycles. The lowest BCUT2D eigenvalue weighted by atomic mass is 10.0. The zero-order valence-electron chi connectivity index (χ0n) is 13.9. The molecular weight excluding hydrogens is 358 g/mol. The zero-order chi connectivity index (χ0) is 18.6. The van der Waals surface area contributed by atoms with E-state index in [0.29, 0.717) is 27.9 Å². The molecular formula is C17H15N3O5S. The monoisotopic (exact) mass is 373 g/mol. The standard InChI is InChI=1S/C17H15N3O5S/c1-20-8-11(10-5-6-18-14(10)17(20)22)15-16(21)19-12-7-9(26(2,23)24)3-4-13(12)25-15/h3-8,15,18H,1-2H3,(H,19,21). The molecule has 9 heteroatoms. The SMILES string of the molecule is Cn1cc(C2Oc3ccc(S(C)(=O)=O)cc3NC2=O)c2cc[nH]c2c1=O. The minimum Gasteiger partial charge on any atom is -0.474 e. The number of hydrogen-bond acceptors (Lipinski definition) is 5. The summed E-state index contributed by atoms with van der Waals surface area (Å²) in [4.78, 5) is 27.7. The summed E-state index contributed by atoms with van der Waals surface area (Å²) in [5.74, 6) is -0.0798. The van der Waals surface area contributed by atoms with Crippen molar-refractivity contribution in [2.24, 2.45) is 7.05 Å². The highest BCUT2D eigenvalue weighted by Gasteiger charge is 2.32. The molecule has 4 rings (SSSR count). The molecule has 2 N–H and O–H groups in total. The number of ether oxygens (including phenoxy) is 1. The second-order valence-corrected chi connectivity index (χ2v) is 8.20. The number of carbonyl (C=O) groups excluding carboxylic acids is 1. The van der Waals surface area contributed by atoms with E-state index in [9.17, 15) is 18.0 Å². The predicted molar refractivity (Wildman–Crippen MR) is 95.1 cm³/mol. The first-order valence-electron chi connectivity index (χ1n) is 7.74. The highest BCUT2D eigenvalue weighted by molar-refractivity contribution is 7.90. The number of nitrogens with zero attached hydrogens (tertiary/aromatic N) is 1. The summed E-state index contributed by atoms with van der Waals surface area (Å²) < 4.78 is 30.6. The van der Waals surface area contributed by atoms with Gasteiger partial charge in [0.15, 0.2) is 9.84 Å². The van der Waals surface area contributed by atoms with Crippen molar-refractivity contribution in [1.29, 1.82) is 0 Å². The van der Waals surface area contributed by atoms with E-state index in [1.165, 1.54) is 22.8 Å². The van der Waals surface area contributed by atoms with Gasteiger partial charge in [-0.25, -0.2) is 8.42 Å². The molecule has 1 unspecified atom stereocenters. The number of sulfone groups is 1. The fourth-order valence-corrected chi connectivity index (χ4v) is 3.68. The average molecular weight is 373 g/mol. The molecule has 0 fully saturated rings. The lowest BCUT2D eigenvalue weighted by Gasteiger charge is -2.27. The fourth-order valence-electron chi connectivity index (χ4n) is 3.03. The molecule has 1 amide bonds. The van der Waals surface area contributed by atoms with Crippen LogP contribution in [0.5, 0.6) is 5.75 Å². The van der Waals surface area contributed by atoms with Gasteiger partial charge in [-0.15, -0.1) is 0 Å². The first-order chi connectivity index (χ1) is 12.3. The Morgan fingerprint density at radius 1 is 1.19 bits per heavy atom. The number of amides is 1. The minimum absolute atomic E-state index is 0.0914. The molecule has 0 saturated heterocycles. The van der Waals surface area contributed by atoms with Crippen LogP contribution in [0, 0.1) is 0 Å². The third-order valence-corrected chi connectivity index (χ3v) is 5.44. The molecule has 1 atom stereocenters. The molecule has 134 valence electrons. The lowest BCUT2D eigenvalue weighted by Crippen LogP contribution is -2.31. The maximum atomic E-state index is 12.6. The van der Waals surface area contributed by atoms with E-state index in [-0.39, 0.29) is 10.5 Å². The Labute approximate surface area is 148 Å². The summed E-state index contributed by atoms with van der Waals surface area (Å²) >= 11 is 0. The molecule has 0 spiro atoms. The quantitative estimate of drug-likeness (QED) is 0.704. The Morgan fingerprint density at radius 3 is 2.69 bits per heavy atom. The zero-order valence-corrected chi connectivity index (χ0v) is 14.8. The molecule has 0 saturated carbocycles. The van der Waals surface area contributed by atoms with Crippen LogP contribution in [-0.4, -0.2) is 30.1 Å². The van der Waals surface area contributed by atoms with Crippen molar-refractivity contribution in [3.05, 3.63) is 52.6 Å². The Bertz CT molecular complexity index is 1220. The minimum atomic E-state index is -3.40. The van der Waals surface area contributed by atoms with Crippen LogP contribution in [0.25, 0.3) is 10.9 Å². The molecule has 2 aromatic heterocycles. The van der Waals surface area contributed by atoms with Gasteiger partial charge in [0, 0.05) is 36.6 Å². The number of fused-ring (bicyclic) bond motifs is 2. The van der Waals surface area contributed by atoms with Crippen LogP contribution in [-0.2, 0) is 21.7 Å². The number of anilines is 1. The van der Waals surface area contributed by atoms with Crippen LogP contribution < -0.4 is 15.6 Å². The summed E-state index contributed by atoms with van der Waals surface area (Å²) in [6, 6.07) is 6.01. The third-order valence-electron chi connectivity index (χ3n) is 4.33. The number of benzene rings is 1. The maximum Gasteiger partial charge on any atom is 0.274 e. The van der Waals surface area contributed by atoms with Crippen molar-refractivity contribution in [2.45, 2.75) is 11.0 Å². The summed E-state index contributed by atoms with van der Waals surface area (Å²) in [5, 5.41) is 3.29. The molecule has 0 radical (unpaired) electrons. The van der Waals surface area contributed by atoms with E-state index in [4.69, 9.17) is 4.74 Å². The van der Waals surface area contributed by atoms with Gasteiger partial charge >= 0.3 is 0 Å². The smallest absolute Gasteiger partial charge is 0.274 e. The Kier molecular flexibility index (Phi) is 3.45. The normalized spacial score (nSPS) is 16.8. The van der Waals surface area contributed by atoms with Crippen LogP contribution >= 0.6 is 0 Å². The van der Waals surface area contributed by atoms with Crippen molar-refractivity contribution in [1.82, 2.24) is 9.55 Å². The van der Waals surface area contributed by atoms with E-state index >= 15 is 0 Å². The Morgan fingerprint density at radius 2 is 1.96 bits per heavy atom. The van der Waals surface area contributed by atoms with Crippen molar-refractivity contribution in [3.63, 3.8) is 0 Å². The van der Waals surface area contributed by atoms with Gasteiger partial charge in [-0.3, -0.25) is 9.59 Å². The topological polar surface area (TPSA) is 110 Å². The van der Waals surface area contributed by atoms with E-state index in [0.717, 1.165) is 6.26 Å². The van der Waals surface area contributed by atoms with E-state index in [1.54, 1.807) is 25.5 Å². The average Bonchev–Trinajstić information content (AvgIpc) is 3.06. The molecule has 1 aliphatic rings. The van der Waals surface area contributed by atoms with Crippen LogP contribution in [0.3, 0.4) is 0 Å². The number of aromatic amines is 1. The number of carbonyl (C=O) groups is 1. The van der Waals surface area contributed by atoms with E-state index < -0.39 is 21.8 Å². The molecule has 8 nitrogen and oxygen atoms in total. The van der Waals surface area contributed by atoms with Gasteiger partial charge in [0.05, 0.1) is 10.6 Å². The van der Waals surface area contributed by atoms with E-state index in [2.05, 4.69) is 10.3 Å². The number of nitrogens with one attached hydrogen (secondary N) is 2. The Balaban J connectivity index is 1.82. The van der Waals surface area contributed by atoms with E-state index in [1.807, 2.05) is 0 Å². The Hall–Kier alpha value is -3.07. The number of aryl methyl sites for hydroxylation is 1. The van der Waals surface area contributed by atoms with Gasteiger partial charge in [0.25, 0.3) is 11.5 Å². The van der Waals surface area contributed by atoms with Crippen molar-refractivity contribution < 1.29 is 17.9 Å². The second kappa shape index (κ2) is 5.46. The number of rotatable bonds is 2. The van der Waals surface area contributed by atoms with Gasteiger partial charge in [0.2, 0.25) is 6.10 Å². The molecule has 3 aromatic rings. The second-order valence-electron chi connectivity index (χ2n) is 6.18. The first kappa shape index (κ1) is 16.4. The summed E-state index contributed by atoms with van der Waals surface area (Å²) in [6.45, 7) is 0. The number of H-pyrrole nitrogens is 1. The van der Waals surface area contributed by atoms with Gasteiger partial charge < -0.3 is 19.6 Å². The summed E-state index contributed by atoms with van der Waals surface area (Å²) in [5.41, 5.74) is 1.02. The van der Waals surface area contributed by atoms with Crippen LogP contribution in [0.2, 0.25) is 0 Å². The van der Waals surface area contributed by atoms with Crippen molar-refractivity contribution >= 4 is 32.3 Å². The molecule has 0 aliphatic carbocycles. The van der Waals surface area contributed by atoms with Gasteiger partial charge in [-0.1, -0.05) is 0 Å². The fraction of sp³-hybridized carbons (Fsp3) is 0.176. The largest absolute Gasteiger partial charge is 0.474 e. The molecule has 1 aliphatic heterocycles. The van der Waals surface area contributed by atoms with Crippen molar-refractivity contribution in [3.8, 4) is 5.75 Å². The molecule has 26 heavy (non-hydrogen) atoms. The lowest BCUT2D eigenvalue weighted by molar-refractivity contribution is -0.123. The third kappa shape index (κ3) is 2.48. The number of hydrogen-bond donors (Lipinski definition) is 2. The highest BCUT2D eigenvalue weighted by Crippen LogP contribution is 2.37. The van der Waals surface area contributed by atoms with Crippen LogP contribution in [0.15, 0.2) is 46.3 Å². The van der Waals surface area contributed by atoms with Crippen LogP contribution in [0.4, 0.5) is 5.69 Å². The predicted octanol–water partition coefficient (Wildman–Crippen LogP) is 1.34. The van der Waals surface area contributed by atoms with Crippen molar-refractivity contribution in [2.75, 3.05) is 11.6 Å². The highest BCUT2D eigenvalue weighted by atomic mass is 32.2. The van der Waals surface area contributed by atoms with Gasteiger partial charge in [0.1, 0.15) is 11.3 Å². The molecule has 3 heterocycles. The van der Waals surface area contributed by atoms with Gasteiger partial charge in [-0.05, 0) is 24.3 Å². The number of pyridine rings is 1. The number of aromatic nitrogens is 2. The summed E-state index contributed by atoms with van der Waals surface area (Å²) in [6.07, 6.45) is 3.33.